The lowest BCUT2D eigenvalue weighted by Crippen LogP contribution is -2.31. The molecule has 0 aromatic carbocycles. The molecular formula is C23H16N6O2. The molecule has 1 N–H and O–H groups in total. The Hall–Kier alpha value is -4.38. The second kappa shape index (κ2) is 7.80. The summed E-state index contributed by atoms with van der Waals surface area (Å²) in [6, 6.07) is 8.77. The number of rotatable bonds is 3. The third-order valence-corrected chi connectivity index (χ3v) is 4.79. The second-order valence-electron chi connectivity index (χ2n) is 7.09. The van der Waals surface area contributed by atoms with Gasteiger partial charge in [0.15, 0.2) is 0 Å². The van der Waals surface area contributed by atoms with Crippen molar-refractivity contribution in [2.45, 2.75) is 18.9 Å². The van der Waals surface area contributed by atoms with Crippen LogP contribution in [0.1, 0.15) is 34.6 Å². The number of amides is 1. The van der Waals surface area contributed by atoms with Crippen LogP contribution in [0.25, 0.3) is 16.9 Å². The number of pyridine rings is 3. The van der Waals surface area contributed by atoms with Crippen LogP contribution < -0.4 is 10.7 Å². The van der Waals surface area contributed by atoms with Gasteiger partial charge < -0.3 is 5.32 Å². The fourth-order valence-electron chi connectivity index (χ4n) is 3.10. The molecule has 150 valence electrons. The van der Waals surface area contributed by atoms with Crippen molar-refractivity contribution in [1.82, 2.24) is 29.8 Å². The van der Waals surface area contributed by atoms with Crippen molar-refractivity contribution in [3.05, 3.63) is 88.5 Å². The maximum atomic E-state index is 12.9. The summed E-state index contributed by atoms with van der Waals surface area (Å²) in [4.78, 5) is 42.6. The predicted molar refractivity (Wildman–Crippen MR) is 114 cm³/mol. The molecule has 4 heterocycles. The average Bonchev–Trinajstić information content (AvgIpc) is 3.63. The van der Waals surface area contributed by atoms with Crippen LogP contribution in [0.15, 0.2) is 66.1 Å². The lowest BCUT2D eigenvalue weighted by molar-refractivity contribution is 0.0949. The molecule has 5 rings (SSSR count). The minimum absolute atomic E-state index is 0.0500. The number of fused-ring (bicyclic) bond motifs is 1. The third-order valence-electron chi connectivity index (χ3n) is 4.79. The maximum absolute atomic E-state index is 12.9. The Kier molecular flexibility index (Phi) is 4.69. The molecule has 31 heavy (non-hydrogen) atoms. The summed E-state index contributed by atoms with van der Waals surface area (Å²) in [5.41, 5.74) is 0.837. The van der Waals surface area contributed by atoms with Gasteiger partial charge >= 0.3 is 0 Å². The molecule has 0 unspecified atom stereocenters. The summed E-state index contributed by atoms with van der Waals surface area (Å²) < 4.78 is 1.62. The Morgan fingerprint density at radius 3 is 2.74 bits per heavy atom. The molecule has 0 aliphatic heterocycles. The number of nitrogens with one attached hydrogen (secondary N) is 1. The van der Waals surface area contributed by atoms with E-state index in [0.29, 0.717) is 22.7 Å². The molecule has 1 saturated carbocycles. The molecule has 1 aliphatic carbocycles. The molecule has 0 bridgehead atoms. The molecule has 1 aliphatic rings. The number of carbonyl (C=O) groups excluding carboxylic acids is 1. The van der Waals surface area contributed by atoms with E-state index < -0.39 is 5.91 Å². The van der Waals surface area contributed by atoms with Gasteiger partial charge in [-0.3, -0.25) is 19.1 Å². The first-order valence-corrected chi connectivity index (χ1v) is 9.76. The van der Waals surface area contributed by atoms with Gasteiger partial charge in [-0.15, -0.1) is 0 Å². The Labute approximate surface area is 177 Å². The monoisotopic (exact) mass is 408 g/mol. The van der Waals surface area contributed by atoms with Crippen molar-refractivity contribution in [2.75, 3.05) is 0 Å². The minimum atomic E-state index is -0.391. The third kappa shape index (κ3) is 3.89. The second-order valence-corrected chi connectivity index (χ2v) is 7.09. The molecule has 0 atom stereocenters. The summed E-state index contributed by atoms with van der Waals surface area (Å²) in [5, 5.41) is 3.21. The van der Waals surface area contributed by atoms with Crippen LogP contribution in [0.2, 0.25) is 0 Å². The van der Waals surface area contributed by atoms with Crippen molar-refractivity contribution in [1.29, 1.82) is 0 Å². The Bertz CT molecular complexity index is 1410. The van der Waals surface area contributed by atoms with Gasteiger partial charge in [-0.2, -0.15) is 0 Å². The van der Waals surface area contributed by atoms with Crippen LogP contribution in [0.4, 0.5) is 0 Å². The van der Waals surface area contributed by atoms with Gasteiger partial charge in [0.25, 0.3) is 5.91 Å². The number of hydrogen-bond donors (Lipinski definition) is 1. The summed E-state index contributed by atoms with van der Waals surface area (Å²) in [7, 11) is 0. The van der Waals surface area contributed by atoms with Gasteiger partial charge in [-0.05, 0) is 49.1 Å². The molecule has 8 nitrogen and oxygen atoms in total. The van der Waals surface area contributed by atoms with Crippen LogP contribution in [-0.4, -0.2) is 36.5 Å². The minimum Gasteiger partial charge on any atom is -0.349 e. The topological polar surface area (TPSA) is 103 Å². The maximum Gasteiger partial charge on any atom is 0.257 e. The standard InChI is InChI=1S/C23H16N6O2/c30-21-17-4-2-11-26-22(17)29(14-18(21)23(31)27-16-6-7-16)20-9-12-25-19(28-20)8-5-15-3-1-10-24-13-15/h1-4,9-14,16H,6-7H2,(H,27,31). The van der Waals surface area contributed by atoms with E-state index in [-0.39, 0.29) is 17.0 Å². The van der Waals surface area contributed by atoms with E-state index >= 15 is 0 Å². The first-order chi connectivity index (χ1) is 15.2. The largest absolute Gasteiger partial charge is 0.349 e. The summed E-state index contributed by atoms with van der Waals surface area (Å²) in [6.07, 6.45) is 9.84. The molecule has 0 radical (unpaired) electrons. The van der Waals surface area contributed by atoms with E-state index in [1.807, 2.05) is 6.07 Å². The van der Waals surface area contributed by atoms with Crippen molar-refractivity contribution in [2.24, 2.45) is 0 Å². The zero-order valence-corrected chi connectivity index (χ0v) is 16.3. The van der Waals surface area contributed by atoms with Gasteiger partial charge in [0.1, 0.15) is 17.0 Å². The van der Waals surface area contributed by atoms with E-state index in [0.717, 1.165) is 18.4 Å². The van der Waals surface area contributed by atoms with Gasteiger partial charge in [0.2, 0.25) is 11.3 Å². The summed E-state index contributed by atoms with van der Waals surface area (Å²) in [6.45, 7) is 0. The Morgan fingerprint density at radius 2 is 1.94 bits per heavy atom. The quantitative estimate of drug-likeness (QED) is 0.519. The van der Waals surface area contributed by atoms with Crippen molar-refractivity contribution in [3.63, 3.8) is 0 Å². The first-order valence-electron chi connectivity index (χ1n) is 9.76. The van der Waals surface area contributed by atoms with E-state index in [2.05, 4.69) is 37.1 Å². The number of hydrogen-bond acceptors (Lipinski definition) is 6. The number of aromatic nitrogens is 5. The van der Waals surface area contributed by atoms with Gasteiger partial charge in [-0.25, -0.2) is 15.0 Å². The van der Waals surface area contributed by atoms with Crippen LogP contribution in [0.3, 0.4) is 0 Å². The molecule has 4 aromatic heterocycles. The van der Waals surface area contributed by atoms with Gasteiger partial charge in [0.05, 0.1) is 5.39 Å². The van der Waals surface area contributed by atoms with Gasteiger partial charge in [0, 0.05) is 42.6 Å². The summed E-state index contributed by atoms with van der Waals surface area (Å²) >= 11 is 0. The molecule has 0 spiro atoms. The van der Waals surface area contributed by atoms with Crippen LogP contribution in [0, 0.1) is 11.8 Å². The lowest BCUT2D eigenvalue weighted by atomic mass is 10.1. The zero-order valence-electron chi connectivity index (χ0n) is 16.3. The smallest absolute Gasteiger partial charge is 0.257 e. The van der Waals surface area contributed by atoms with E-state index in [9.17, 15) is 9.59 Å². The van der Waals surface area contributed by atoms with E-state index in [1.54, 1.807) is 53.6 Å². The van der Waals surface area contributed by atoms with Crippen LogP contribution >= 0.6 is 0 Å². The Morgan fingerprint density at radius 1 is 1.06 bits per heavy atom. The van der Waals surface area contributed by atoms with E-state index in [4.69, 9.17) is 0 Å². The number of carbonyl (C=O) groups is 1. The number of nitrogens with zero attached hydrogens (tertiary/aromatic N) is 5. The highest BCUT2D eigenvalue weighted by molar-refractivity contribution is 5.97. The van der Waals surface area contributed by atoms with E-state index in [1.165, 1.54) is 6.20 Å². The van der Waals surface area contributed by atoms with Crippen molar-refractivity contribution < 1.29 is 4.79 Å². The first kappa shape index (κ1) is 18.6. The van der Waals surface area contributed by atoms with Crippen LogP contribution in [0.5, 0.6) is 0 Å². The SMILES string of the molecule is O=C(NC1CC1)c1cn(-c2ccnc(C#Cc3cccnc3)n2)c2ncccc2c1=O. The fraction of sp³-hybridized carbons (Fsp3) is 0.130. The zero-order chi connectivity index (χ0) is 21.2. The van der Waals surface area contributed by atoms with Crippen molar-refractivity contribution in [3.8, 4) is 17.7 Å². The van der Waals surface area contributed by atoms with Crippen LogP contribution in [-0.2, 0) is 0 Å². The molecule has 4 aromatic rings. The Balaban J connectivity index is 1.61. The molecule has 1 amide bonds. The highest BCUT2D eigenvalue weighted by Crippen LogP contribution is 2.20. The predicted octanol–water partition coefficient (Wildman–Crippen LogP) is 1.86. The normalized spacial score (nSPS) is 12.8. The van der Waals surface area contributed by atoms with Gasteiger partial charge in [-0.1, -0.05) is 5.92 Å². The fourth-order valence-corrected chi connectivity index (χ4v) is 3.10. The molecule has 0 saturated heterocycles. The molecule has 8 heteroatoms. The van der Waals surface area contributed by atoms with Crippen molar-refractivity contribution >= 4 is 16.9 Å². The summed E-state index contributed by atoms with van der Waals surface area (Å²) in [5.74, 6) is 6.24. The lowest BCUT2D eigenvalue weighted by Gasteiger charge is -2.12. The highest BCUT2D eigenvalue weighted by Gasteiger charge is 2.26. The molecular weight excluding hydrogens is 392 g/mol. The molecule has 1 fully saturated rings. The highest BCUT2D eigenvalue weighted by atomic mass is 16.2. The average molecular weight is 408 g/mol.